The number of thioether (sulfide) groups is 1. The average Bonchev–Trinajstić information content (AvgIpc) is 2.27. The van der Waals surface area contributed by atoms with Crippen molar-refractivity contribution < 1.29 is 17.7 Å². The summed E-state index contributed by atoms with van der Waals surface area (Å²) in [5.41, 5.74) is -0.731. The number of nitro groups is 1. The predicted octanol–water partition coefficient (Wildman–Crippen LogP) is 2.07. The van der Waals surface area contributed by atoms with Crippen LogP contribution in [0.15, 0.2) is 17.0 Å². The summed E-state index contributed by atoms with van der Waals surface area (Å²) in [6.45, 7) is 3.07. The first-order valence-electron chi connectivity index (χ1n) is 5.65. The summed E-state index contributed by atoms with van der Waals surface area (Å²) in [6.07, 6.45) is 1.83. The second-order valence-electron chi connectivity index (χ2n) is 4.30. The van der Waals surface area contributed by atoms with E-state index in [2.05, 4.69) is 4.72 Å². The molecule has 0 spiro atoms. The maximum Gasteiger partial charge on any atom is 0.306 e. The lowest BCUT2D eigenvalue weighted by Crippen LogP contribution is -2.34. The van der Waals surface area contributed by atoms with Crippen molar-refractivity contribution in [1.29, 1.82) is 0 Å². The lowest BCUT2D eigenvalue weighted by molar-refractivity contribution is -0.387. The molecule has 0 aliphatic carbocycles. The third-order valence-electron chi connectivity index (χ3n) is 2.50. The summed E-state index contributed by atoms with van der Waals surface area (Å²) in [7, 11) is -3.92. The second kappa shape index (κ2) is 6.51. The highest BCUT2D eigenvalue weighted by atomic mass is 32.2. The fraction of sp³-hybridized carbons (Fsp3) is 0.455. The Bertz CT molecular complexity index is 619. The number of aryl methyl sites for hydroxylation is 1. The Kier molecular flexibility index (Phi) is 5.49. The number of rotatable bonds is 6. The quantitative estimate of drug-likeness (QED) is 0.640. The van der Waals surface area contributed by atoms with Gasteiger partial charge in [-0.3, -0.25) is 10.1 Å². The van der Waals surface area contributed by atoms with Crippen LogP contribution in [-0.2, 0) is 10.0 Å². The van der Waals surface area contributed by atoms with E-state index in [4.69, 9.17) is 0 Å². The minimum absolute atomic E-state index is 0.122. The summed E-state index contributed by atoms with van der Waals surface area (Å²) in [5.74, 6) is -0.495. The van der Waals surface area contributed by atoms with Gasteiger partial charge in [-0.25, -0.2) is 13.1 Å². The first kappa shape index (κ1) is 16.9. The molecule has 0 aromatic heterocycles. The molecular weight excluding hydrogens is 307 g/mol. The third kappa shape index (κ3) is 3.90. The molecule has 0 amide bonds. The van der Waals surface area contributed by atoms with Crippen molar-refractivity contribution in [1.82, 2.24) is 4.72 Å². The molecule has 0 fully saturated rings. The highest BCUT2D eigenvalue weighted by Crippen LogP contribution is 2.25. The molecule has 0 saturated heterocycles. The first-order chi connectivity index (χ1) is 9.19. The summed E-state index contributed by atoms with van der Waals surface area (Å²) >= 11 is 1.47. The van der Waals surface area contributed by atoms with Gasteiger partial charge >= 0.3 is 5.69 Å². The van der Waals surface area contributed by atoms with E-state index in [1.165, 1.54) is 18.7 Å². The number of hydrogen-bond donors (Lipinski definition) is 1. The lowest BCUT2D eigenvalue weighted by atomic mass is 10.2. The molecule has 1 atom stereocenters. The van der Waals surface area contributed by atoms with Crippen molar-refractivity contribution in [3.05, 3.63) is 33.6 Å². The number of hydrogen-bond acceptors (Lipinski definition) is 5. The molecule has 0 heterocycles. The van der Waals surface area contributed by atoms with E-state index >= 15 is 0 Å². The second-order valence-corrected chi connectivity index (χ2v) is 6.90. The van der Waals surface area contributed by atoms with Gasteiger partial charge in [-0.2, -0.15) is 16.2 Å². The van der Waals surface area contributed by atoms with Gasteiger partial charge < -0.3 is 0 Å². The Hall–Kier alpha value is -1.19. The van der Waals surface area contributed by atoms with Crippen LogP contribution in [-0.4, -0.2) is 31.4 Å². The molecule has 112 valence electrons. The molecule has 1 aromatic rings. The fourth-order valence-electron chi connectivity index (χ4n) is 1.68. The van der Waals surface area contributed by atoms with Crippen LogP contribution < -0.4 is 4.72 Å². The molecule has 6 nitrogen and oxygen atoms in total. The SMILES string of the molecule is CSCC(C)NS(=O)(=O)c1cc([N+](=O)[O-])c(F)cc1C. The number of benzene rings is 1. The van der Waals surface area contributed by atoms with E-state index in [-0.39, 0.29) is 16.5 Å². The van der Waals surface area contributed by atoms with Gasteiger partial charge in [-0.05, 0) is 31.7 Å². The van der Waals surface area contributed by atoms with Crippen LogP contribution in [0, 0.1) is 22.9 Å². The van der Waals surface area contributed by atoms with E-state index in [0.29, 0.717) is 5.75 Å². The number of nitro benzene ring substituents is 1. The summed E-state index contributed by atoms with van der Waals surface area (Å²) in [6, 6.07) is 1.27. The molecule has 1 N–H and O–H groups in total. The molecule has 0 aliphatic heterocycles. The fourth-order valence-corrected chi connectivity index (χ4v) is 3.86. The molecule has 0 aliphatic rings. The van der Waals surface area contributed by atoms with Gasteiger partial charge in [0.05, 0.1) is 9.82 Å². The van der Waals surface area contributed by atoms with E-state index in [9.17, 15) is 22.9 Å². The van der Waals surface area contributed by atoms with E-state index in [1.807, 2.05) is 6.26 Å². The monoisotopic (exact) mass is 322 g/mol. The van der Waals surface area contributed by atoms with Crippen LogP contribution >= 0.6 is 11.8 Å². The van der Waals surface area contributed by atoms with Crippen LogP contribution in [0.4, 0.5) is 10.1 Å². The Balaban J connectivity index is 3.24. The zero-order chi connectivity index (χ0) is 15.5. The van der Waals surface area contributed by atoms with E-state index < -0.39 is 26.5 Å². The Morgan fingerprint density at radius 1 is 1.50 bits per heavy atom. The smallest absolute Gasteiger partial charge is 0.258 e. The number of nitrogens with zero attached hydrogens (tertiary/aromatic N) is 1. The lowest BCUT2D eigenvalue weighted by Gasteiger charge is -2.14. The van der Waals surface area contributed by atoms with Crippen molar-refractivity contribution in [2.75, 3.05) is 12.0 Å². The maximum atomic E-state index is 13.4. The van der Waals surface area contributed by atoms with Crippen LogP contribution in [0.3, 0.4) is 0 Å². The molecule has 0 radical (unpaired) electrons. The predicted molar refractivity (Wildman–Crippen MR) is 76.0 cm³/mol. The van der Waals surface area contributed by atoms with Crippen molar-refractivity contribution in [3.8, 4) is 0 Å². The standard InChI is InChI=1S/C11H15FN2O4S2/c1-7-4-9(12)10(14(15)16)5-11(7)20(17,18)13-8(2)6-19-3/h4-5,8,13H,6H2,1-3H3. The van der Waals surface area contributed by atoms with Crippen LogP contribution in [0.1, 0.15) is 12.5 Å². The molecule has 0 saturated carbocycles. The summed E-state index contributed by atoms with van der Waals surface area (Å²) < 4.78 is 40.1. The van der Waals surface area contributed by atoms with Gasteiger partial charge in [0.2, 0.25) is 15.8 Å². The van der Waals surface area contributed by atoms with E-state index in [0.717, 1.165) is 12.1 Å². The van der Waals surface area contributed by atoms with Crippen LogP contribution in [0.2, 0.25) is 0 Å². The third-order valence-corrected chi connectivity index (χ3v) is 5.07. The maximum absolute atomic E-state index is 13.4. The van der Waals surface area contributed by atoms with Gasteiger partial charge in [0, 0.05) is 17.9 Å². The van der Waals surface area contributed by atoms with Gasteiger partial charge in [-0.1, -0.05) is 0 Å². The van der Waals surface area contributed by atoms with Gasteiger partial charge in [-0.15, -0.1) is 0 Å². The van der Waals surface area contributed by atoms with Crippen molar-refractivity contribution in [3.63, 3.8) is 0 Å². The number of sulfonamides is 1. The average molecular weight is 322 g/mol. The van der Waals surface area contributed by atoms with Gasteiger partial charge in [0.15, 0.2) is 0 Å². The van der Waals surface area contributed by atoms with Crippen molar-refractivity contribution >= 4 is 27.5 Å². The molecule has 1 unspecified atom stereocenters. The Morgan fingerprint density at radius 2 is 2.10 bits per heavy atom. The molecule has 9 heteroatoms. The summed E-state index contributed by atoms with van der Waals surface area (Å²) in [5, 5.41) is 10.7. The molecule has 1 rings (SSSR count). The van der Waals surface area contributed by atoms with Crippen molar-refractivity contribution in [2.24, 2.45) is 0 Å². The Labute approximate surface area is 121 Å². The van der Waals surface area contributed by atoms with Crippen LogP contribution in [0.25, 0.3) is 0 Å². The highest BCUT2D eigenvalue weighted by molar-refractivity contribution is 7.98. The largest absolute Gasteiger partial charge is 0.306 e. The topological polar surface area (TPSA) is 89.3 Å². The zero-order valence-corrected chi connectivity index (χ0v) is 12.8. The molecular formula is C11H15FN2O4S2. The van der Waals surface area contributed by atoms with Gasteiger partial charge in [0.1, 0.15) is 0 Å². The molecule has 20 heavy (non-hydrogen) atoms. The minimum Gasteiger partial charge on any atom is -0.258 e. The van der Waals surface area contributed by atoms with Gasteiger partial charge in [0.25, 0.3) is 0 Å². The zero-order valence-electron chi connectivity index (χ0n) is 11.2. The van der Waals surface area contributed by atoms with E-state index in [1.54, 1.807) is 6.92 Å². The number of nitrogens with one attached hydrogen (secondary N) is 1. The Morgan fingerprint density at radius 3 is 2.60 bits per heavy atom. The first-order valence-corrected chi connectivity index (χ1v) is 8.52. The normalized spacial score (nSPS) is 13.2. The molecule has 1 aromatic carbocycles. The number of halogens is 1. The highest BCUT2D eigenvalue weighted by Gasteiger charge is 2.25. The van der Waals surface area contributed by atoms with Crippen molar-refractivity contribution in [2.45, 2.75) is 24.8 Å². The molecule has 0 bridgehead atoms. The van der Waals surface area contributed by atoms with Crippen LogP contribution in [0.5, 0.6) is 0 Å². The minimum atomic E-state index is -3.92. The summed E-state index contributed by atoms with van der Waals surface area (Å²) in [4.78, 5) is 9.46.